The van der Waals surface area contributed by atoms with Crippen LogP contribution in [0.2, 0.25) is 0 Å². The lowest BCUT2D eigenvalue weighted by Gasteiger charge is -2.38. The van der Waals surface area contributed by atoms with Gasteiger partial charge < -0.3 is 15.2 Å². The lowest BCUT2D eigenvalue weighted by molar-refractivity contribution is -0.0704. The second kappa shape index (κ2) is 5.71. The van der Waals surface area contributed by atoms with Gasteiger partial charge in [-0.15, -0.1) is 0 Å². The van der Waals surface area contributed by atoms with E-state index in [1.54, 1.807) is 0 Å². The fraction of sp³-hybridized carbons (Fsp3) is 1.00. The third-order valence-corrected chi connectivity index (χ3v) is 4.85. The minimum Gasteiger partial charge on any atom is -0.396 e. The van der Waals surface area contributed by atoms with Gasteiger partial charge in [-0.1, -0.05) is 6.92 Å². The summed E-state index contributed by atoms with van der Waals surface area (Å²) in [6, 6.07) is 0.585. The van der Waals surface area contributed by atoms with Gasteiger partial charge in [-0.3, -0.25) is 0 Å². The number of thioether (sulfide) groups is 1. The van der Waals surface area contributed by atoms with E-state index in [0.29, 0.717) is 12.0 Å². The highest BCUT2D eigenvalue weighted by Crippen LogP contribution is 2.38. The Labute approximate surface area is 102 Å². The second-order valence-corrected chi connectivity index (χ2v) is 6.32. The number of ether oxygens (including phenoxy) is 1. The summed E-state index contributed by atoms with van der Waals surface area (Å²) in [7, 11) is 0. The van der Waals surface area contributed by atoms with Crippen LogP contribution in [-0.4, -0.2) is 48.0 Å². The average Bonchev–Trinajstić information content (AvgIpc) is 2.74. The standard InChI is InChI=1S/C12H23NO2S/c1-10(8-14)7-13-11-2-4-15-12(6-11)3-5-16-9-12/h10-11,13-14H,2-9H2,1H3. The van der Waals surface area contributed by atoms with Gasteiger partial charge >= 0.3 is 0 Å². The third kappa shape index (κ3) is 3.13. The fourth-order valence-electron chi connectivity index (χ4n) is 2.50. The van der Waals surface area contributed by atoms with Gasteiger partial charge in [0.1, 0.15) is 0 Å². The SMILES string of the molecule is CC(CO)CNC1CCOC2(CCSC2)C1. The average molecular weight is 245 g/mol. The Morgan fingerprint density at radius 3 is 3.19 bits per heavy atom. The Kier molecular flexibility index (Phi) is 4.53. The Morgan fingerprint density at radius 1 is 1.62 bits per heavy atom. The Balaban J connectivity index is 1.78. The van der Waals surface area contributed by atoms with Crippen LogP contribution in [0.25, 0.3) is 0 Å². The summed E-state index contributed by atoms with van der Waals surface area (Å²) in [6.07, 6.45) is 3.48. The Hall–Kier alpha value is 0.230. The van der Waals surface area contributed by atoms with E-state index in [1.807, 2.05) is 11.8 Å². The van der Waals surface area contributed by atoms with E-state index in [-0.39, 0.29) is 12.2 Å². The maximum absolute atomic E-state index is 9.00. The molecule has 0 aromatic carbocycles. The van der Waals surface area contributed by atoms with Crippen LogP contribution in [0.5, 0.6) is 0 Å². The van der Waals surface area contributed by atoms with Gasteiger partial charge in [0.25, 0.3) is 0 Å². The zero-order chi connectivity index (χ0) is 11.4. The summed E-state index contributed by atoms with van der Waals surface area (Å²) in [5, 5.41) is 12.6. The van der Waals surface area contributed by atoms with E-state index in [0.717, 1.165) is 26.0 Å². The van der Waals surface area contributed by atoms with E-state index >= 15 is 0 Å². The summed E-state index contributed by atoms with van der Waals surface area (Å²) in [4.78, 5) is 0. The number of hydrogen-bond donors (Lipinski definition) is 2. The van der Waals surface area contributed by atoms with Gasteiger partial charge in [-0.25, -0.2) is 0 Å². The van der Waals surface area contributed by atoms with Gasteiger partial charge in [0.15, 0.2) is 0 Å². The van der Waals surface area contributed by atoms with E-state index in [9.17, 15) is 0 Å². The van der Waals surface area contributed by atoms with Crippen LogP contribution in [0.4, 0.5) is 0 Å². The number of rotatable bonds is 4. The number of aliphatic hydroxyl groups is 1. The Bertz CT molecular complexity index is 219. The van der Waals surface area contributed by atoms with Crippen molar-refractivity contribution >= 4 is 11.8 Å². The van der Waals surface area contributed by atoms with Crippen LogP contribution in [0.1, 0.15) is 26.2 Å². The molecular weight excluding hydrogens is 222 g/mol. The summed E-state index contributed by atoms with van der Waals surface area (Å²) >= 11 is 2.02. The van der Waals surface area contributed by atoms with Crippen molar-refractivity contribution in [2.75, 3.05) is 31.3 Å². The van der Waals surface area contributed by atoms with E-state index in [2.05, 4.69) is 12.2 Å². The maximum atomic E-state index is 9.00. The second-order valence-electron chi connectivity index (χ2n) is 5.22. The summed E-state index contributed by atoms with van der Waals surface area (Å²) in [5.41, 5.74) is 0.170. The normalized spacial score (nSPS) is 36.8. The highest BCUT2D eigenvalue weighted by molar-refractivity contribution is 7.99. The number of aliphatic hydroxyl groups excluding tert-OH is 1. The van der Waals surface area contributed by atoms with Crippen molar-refractivity contribution in [3.05, 3.63) is 0 Å². The zero-order valence-electron chi connectivity index (χ0n) is 10.1. The largest absolute Gasteiger partial charge is 0.396 e. The van der Waals surface area contributed by atoms with Crippen LogP contribution in [0.15, 0.2) is 0 Å². The number of nitrogens with one attached hydrogen (secondary N) is 1. The minimum atomic E-state index is 0.170. The topological polar surface area (TPSA) is 41.5 Å². The first-order chi connectivity index (χ1) is 7.74. The van der Waals surface area contributed by atoms with Crippen molar-refractivity contribution in [3.63, 3.8) is 0 Å². The molecule has 0 saturated carbocycles. The highest BCUT2D eigenvalue weighted by atomic mass is 32.2. The molecule has 0 bridgehead atoms. The van der Waals surface area contributed by atoms with Gasteiger partial charge in [0, 0.05) is 31.6 Å². The van der Waals surface area contributed by atoms with Crippen molar-refractivity contribution in [1.29, 1.82) is 0 Å². The van der Waals surface area contributed by atoms with E-state index < -0.39 is 0 Å². The molecule has 94 valence electrons. The molecule has 0 aliphatic carbocycles. The van der Waals surface area contributed by atoms with E-state index in [4.69, 9.17) is 9.84 Å². The molecule has 3 unspecified atom stereocenters. The smallest absolute Gasteiger partial charge is 0.0795 e. The van der Waals surface area contributed by atoms with Crippen LogP contribution in [0.3, 0.4) is 0 Å². The van der Waals surface area contributed by atoms with Crippen molar-refractivity contribution < 1.29 is 9.84 Å². The van der Waals surface area contributed by atoms with Crippen molar-refractivity contribution in [1.82, 2.24) is 5.32 Å². The van der Waals surface area contributed by atoms with Gasteiger partial charge in [-0.05, 0) is 30.9 Å². The molecule has 1 spiro atoms. The molecule has 2 aliphatic rings. The molecule has 16 heavy (non-hydrogen) atoms. The molecular formula is C12H23NO2S. The van der Waals surface area contributed by atoms with Gasteiger partial charge in [0.05, 0.1) is 5.60 Å². The number of hydrogen-bond acceptors (Lipinski definition) is 4. The summed E-state index contributed by atoms with van der Waals surface area (Å²) < 4.78 is 5.98. The molecule has 2 aliphatic heterocycles. The molecule has 2 rings (SSSR count). The predicted octanol–water partition coefficient (Wildman–Crippen LogP) is 1.26. The molecule has 0 aromatic heterocycles. The van der Waals surface area contributed by atoms with Crippen molar-refractivity contribution in [3.8, 4) is 0 Å². The first-order valence-corrected chi connectivity index (χ1v) is 7.45. The minimum absolute atomic E-state index is 0.170. The fourth-order valence-corrected chi connectivity index (χ4v) is 3.88. The molecule has 3 atom stereocenters. The lowest BCUT2D eigenvalue weighted by Crippen LogP contribution is -2.48. The molecule has 3 nitrogen and oxygen atoms in total. The first kappa shape index (κ1) is 12.7. The van der Waals surface area contributed by atoms with Gasteiger partial charge in [-0.2, -0.15) is 11.8 Å². The molecule has 2 N–H and O–H groups in total. The molecule has 0 amide bonds. The molecule has 2 fully saturated rings. The zero-order valence-corrected chi connectivity index (χ0v) is 10.9. The molecule has 0 radical (unpaired) electrons. The molecule has 0 aromatic rings. The predicted molar refractivity (Wildman–Crippen MR) is 67.9 cm³/mol. The van der Waals surface area contributed by atoms with E-state index in [1.165, 1.54) is 17.9 Å². The van der Waals surface area contributed by atoms with Crippen LogP contribution < -0.4 is 5.32 Å². The first-order valence-electron chi connectivity index (χ1n) is 6.30. The molecule has 2 heterocycles. The van der Waals surface area contributed by atoms with Crippen LogP contribution >= 0.6 is 11.8 Å². The summed E-state index contributed by atoms with van der Waals surface area (Å²) in [6.45, 7) is 4.17. The monoisotopic (exact) mass is 245 g/mol. The van der Waals surface area contributed by atoms with Gasteiger partial charge in [0.2, 0.25) is 0 Å². The van der Waals surface area contributed by atoms with Crippen LogP contribution in [-0.2, 0) is 4.74 Å². The van der Waals surface area contributed by atoms with Crippen molar-refractivity contribution in [2.45, 2.75) is 37.8 Å². The van der Waals surface area contributed by atoms with Crippen LogP contribution in [0, 0.1) is 5.92 Å². The highest BCUT2D eigenvalue weighted by Gasteiger charge is 2.40. The maximum Gasteiger partial charge on any atom is 0.0795 e. The Morgan fingerprint density at radius 2 is 2.50 bits per heavy atom. The molecule has 4 heteroatoms. The quantitative estimate of drug-likeness (QED) is 0.782. The lowest BCUT2D eigenvalue weighted by atomic mass is 9.89. The third-order valence-electron chi connectivity index (χ3n) is 3.63. The van der Waals surface area contributed by atoms with Crippen molar-refractivity contribution in [2.24, 2.45) is 5.92 Å². The molecule has 2 saturated heterocycles. The summed E-state index contributed by atoms with van der Waals surface area (Å²) in [5.74, 6) is 2.78.